The summed E-state index contributed by atoms with van der Waals surface area (Å²) in [4.78, 5) is 15.2. The quantitative estimate of drug-likeness (QED) is 0.276. The van der Waals surface area contributed by atoms with Crippen LogP contribution in [0, 0.1) is 0 Å². The van der Waals surface area contributed by atoms with E-state index < -0.39 is 5.54 Å². The zero-order valence-corrected chi connectivity index (χ0v) is 15.3. The van der Waals surface area contributed by atoms with Gasteiger partial charge in [0.2, 0.25) is 0 Å². The van der Waals surface area contributed by atoms with E-state index in [0.717, 1.165) is 28.7 Å². The number of aldehydes is 1. The number of hydrogen-bond donors (Lipinski definition) is 0. The summed E-state index contributed by atoms with van der Waals surface area (Å²) < 4.78 is 2.12. The lowest BCUT2D eigenvalue weighted by atomic mass is 9.77. The highest BCUT2D eigenvalue weighted by molar-refractivity contribution is 5.72. The summed E-state index contributed by atoms with van der Waals surface area (Å²) in [7, 11) is 0. The van der Waals surface area contributed by atoms with Crippen LogP contribution in [-0.2, 0) is 10.3 Å². The van der Waals surface area contributed by atoms with Gasteiger partial charge in [-0.25, -0.2) is 4.98 Å². The molecule has 4 aromatic rings. The summed E-state index contributed by atoms with van der Waals surface area (Å²) in [5.41, 5.74) is 3.56. The lowest BCUT2D eigenvalue weighted by Crippen LogP contribution is -2.36. The minimum atomic E-state index is -0.579. The van der Waals surface area contributed by atoms with E-state index in [2.05, 4.69) is 82.3 Å². The molecule has 0 aliphatic heterocycles. The molecular weight excluding hydrogens is 344 g/mol. The Morgan fingerprint density at radius 3 is 1.61 bits per heavy atom. The minimum Gasteiger partial charge on any atom is -0.318 e. The van der Waals surface area contributed by atoms with Crippen LogP contribution in [0.3, 0.4) is 0 Å². The first-order chi connectivity index (χ1) is 13.9. The van der Waals surface area contributed by atoms with Crippen molar-refractivity contribution in [3.63, 3.8) is 0 Å². The first-order valence-corrected chi connectivity index (χ1v) is 9.18. The highest BCUT2D eigenvalue weighted by atomic mass is 16.1. The maximum atomic E-state index is 10.7. The Balaban J connectivity index is 2.06. The van der Waals surface area contributed by atoms with Crippen LogP contribution in [0.4, 0.5) is 0 Å². The summed E-state index contributed by atoms with van der Waals surface area (Å²) in [6, 6.07) is 31.2. The fraction of sp³-hybridized carbons (Fsp3) is 0.0400. The standard InChI is InChI=1S/C25H20N2O/c28-18-10-17-24-19-27(20-26-24)25(21-11-4-1-5-12-21,22-13-6-2-7-14-22)23-15-8-3-9-16-23/h1-20H/b17-10+. The molecule has 0 unspecified atom stereocenters. The Morgan fingerprint density at radius 1 is 0.714 bits per heavy atom. The third kappa shape index (κ3) is 3.08. The van der Waals surface area contributed by atoms with Crippen molar-refractivity contribution >= 4 is 12.4 Å². The molecular formula is C25H20N2O. The van der Waals surface area contributed by atoms with Crippen LogP contribution < -0.4 is 0 Å². The fourth-order valence-electron chi connectivity index (χ4n) is 3.73. The van der Waals surface area contributed by atoms with Gasteiger partial charge in [0.15, 0.2) is 0 Å². The van der Waals surface area contributed by atoms with Crippen LogP contribution in [0.2, 0.25) is 0 Å². The predicted molar refractivity (Wildman–Crippen MR) is 112 cm³/mol. The predicted octanol–water partition coefficient (Wildman–Crippen LogP) is 4.94. The van der Waals surface area contributed by atoms with Gasteiger partial charge in [-0.15, -0.1) is 0 Å². The van der Waals surface area contributed by atoms with Crippen LogP contribution in [0.1, 0.15) is 22.4 Å². The van der Waals surface area contributed by atoms with Gasteiger partial charge in [0.1, 0.15) is 11.8 Å². The number of allylic oxidation sites excluding steroid dienone is 1. The van der Waals surface area contributed by atoms with Crippen molar-refractivity contribution < 1.29 is 4.79 Å². The third-order valence-electron chi connectivity index (χ3n) is 4.91. The minimum absolute atomic E-state index is 0.579. The Morgan fingerprint density at radius 2 is 1.18 bits per heavy atom. The number of carbonyl (C=O) groups is 1. The Labute approximate surface area is 164 Å². The summed E-state index contributed by atoms with van der Waals surface area (Å²) >= 11 is 0. The molecule has 0 radical (unpaired) electrons. The molecule has 4 rings (SSSR count). The van der Waals surface area contributed by atoms with Gasteiger partial charge in [0.05, 0.1) is 12.0 Å². The van der Waals surface area contributed by atoms with E-state index >= 15 is 0 Å². The second-order valence-corrected chi connectivity index (χ2v) is 6.51. The molecule has 3 aromatic carbocycles. The number of carbonyl (C=O) groups excluding carboxylic acids is 1. The zero-order valence-electron chi connectivity index (χ0n) is 15.3. The molecule has 0 spiro atoms. The second-order valence-electron chi connectivity index (χ2n) is 6.51. The molecule has 0 bridgehead atoms. The van der Waals surface area contributed by atoms with Gasteiger partial charge in [0.25, 0.3) is 0 Å². The number of rotatable bonds is 6. The van der Waals surface area contributed by atoms with E-state index in [9.17, 15) is 4.79 Å². The van der Waals surface area contributed by atoms with Crippen molar-refractivity contribution in [3.05, 3.63) is 132 Å². The lowest BCUT2D eigenvalue weighted by molar-refractivity contribution is -0.104. The molecule has 1 heterocycles. The van der Waals surface area contributed by atoms with E-state index in [-0.39, 0.29) is 0 Å². The van der Waals surface area contributed by atoms with Crippen LogP contribution in [-0.4, -0.2) is 15.8 Å². The van der Waals surface area contributed by atoms with E-state index in [0.29, 0.717) is 0 Å². The van der Waals surface area contributed by atoms with E-state index in [1.54, 1.807) is 6.08 Å². The molecule has 0 aliphatic carbocycles. The zero-order chi connectivity index (χ0) is 19.2. The molecule has 28 heavy (non-hydrogen) atoms. The number of benzene rings is 3. The normalized spacial score (nSPS) is 11.6. The van der Waals surface area contributed by atoms with Crippen molar-refractivity contribution in [3.8, 4) is 0 Å². The van der Waals surface area contributed by atoms with Gasteiger partial charge in [-0.05, 0) is 28.8 Å². The average Bonchev–Trinajstić information content (AvgIpc) is 3.24. The average molecular weight is 364 g/mol. The molecule has 0 amide bonds. The number of hydrogen-bond acceptors (Lipinski definition) is 2. The first kappa shape index (κ1) is 17.7. The van der Waals surface area contributed by atoms with Gasteiger partial charge >= 0.3 is 0 Å². The summed E-state index contributed by atoms with van der Waals surface area (Å²) in [6.07, 6.45) is 7.75. The number of imidazole rings is 1. The summed E-state index contributed by atoms with van der Waals surface area (Å²) in [5, 5.41) is 0. The van der Waals surface area contributed by atoms with Crippen LogP contribution in [0.25, 0.3) is 6.08 Å². The molecule has 0 atom stereocenters. The molecule has 0 N–H and O–H groups in total. The molecule has 1 aromatic heterocycles. The topological polar surface area (TPSA) is 34.9 Å². The highest BCUT2D eigenvalue weighted by Crippen LogP contribution is 2.40. The van der Waals surface area contributed by atoms with Crippen molar-refractivity contribution in [2.75, 3.05) is 0 Å². The number of aromatic nitrogens is 2. The van der Waals surface area contributed by atoms with Crippen LogP contribution in [0.5, 0.6) is 0 Å². The van der Waals surface area contributed by atoms with E-state index in [1.807, 2.05) is 30.7 Å². The molecule has 3 heteroatoms. The summed E-state index contributed by atoms with van der Waals surface area (Å²) in [6.45, 7) is 0. The van der Waals surface area contributed by atoms with Crippen molar-refractivity contribution in [1.29, 1.82) is 0 Å². The van der Waals surface area contributed by atoms with Crippen molar-refractivity contribution in [2.45, 2.75) is 5.54 Å². The van der Waals surface area contributed by atoms with E-state index in [1.165, 1.54) is 6.08 Å². The largest absolute Gasteiger partial charge is 0.318 e. The van der Waals surface area contributed by atoms with Crippen molar-refractivity contribution in [2.24, 2.45) is 0 Å². The fourth-order valence-corrected chi connectivity index (χ4v) is 3.73. The molecule has 3 nitrogen and oxygen atoms in total. The maximum Gasteiger partial charge on any atom is 0.142 e. The van der Waals surface area contributed by atoms with Crippen LogP contribution in [0.15, 0.2) is 110 Å². The molecule has 136 valence electrons. The lowest BCUT2D eigenvalue weighted by Gasteiger charge is -2.37. The Bertz CT molecular complexity index is 971. The number of nitrogens with zero attached hydrogens (tertiary/aromatic N) is 2. The van der Waals surface area contributed by atoms with Gasteiger partial charge < -0.3 is 4.57 Å². The molecule has 0 saturated heterocycles. The molecule has 0 aliphatic rings. The maximum absolute atomic E-state index is 10.7. The monoisotopic (exact) mass is 364 g/mol. The van der Waals surface area contributed by atoms with Gasteiger partial charge in [-0.2, -0.15) is 0 Å². The Kier molecular flexibility index (Phi) is 4.98. The SMILES string of the molecule is O=C/C=C/c1cn(C(c2ccccc2)(c2ccccc2)c2ccccc2)cn1. The molecule has 0 fully saturated rings. The van der Waals surface area contributed by atoms with Crippen molar-refractivity contribution in [1.82, 2.24) is 9.55 Å². The Hall–Kier alpha value is -3.72. The van der Waals surface area contributed by atoms with Gasteiger partial charge in [-0.1, -0.05) is 91.0 Å². The van der Waals surface area contributed by atoms with E-state index in [4.69, 9.17) is 0 Å². The first-order valence-electron chi connectivity index (χ1n) is 9.18. The smallest absolute Gasteiger partial charge is 0.142 e. The summed E-state index contributed by atoms with van der Waals surface area (Å²) in [5.74, 6) is 0. The highest BCUT2D eigenvalue weighted by Gasteiger charge is 2.38. The van der Waals surface area contributed by atoms with Gasteiger partial charge in [-0.3, -0.25) is 4.79 Å². The second kappa shape index (κ2) is 7.89. The van der Waals surface area contributed by atoms with Gasteiger partial charge in [0, 0.05) is 6.20 Å². The third-order valence-corrected chi connectivity index (χ3v) is 4.91. The van der Waals surface area contributed by atoms with Crippen LogP contribution >= 0.6 is 0 Å². The molecule has 0 saturated carbocycles.